The van der Waals surface area contributed by atoms with Gasteiger partial charge in [0, 0.05) is 0 Å². The molecule has 0 amide bonds. The van der Waals surface area contributed by atoms with Crippen molar-refractivity contribution in [3.63, 3.8) is 0 Å². The first-order chi connectivity index (χ1) is 11.1. The van der Waals surface area contributed by atoms with E-state index in [9.17, 15) is 0 Å². The highest BCUT2D eigenvalue weighted by atomic mass is 35.5. The average Bonchev–Trinajstić information content (AvgIpc) is 3.02. The second-order valence-electron chi connectivity index (χ2n) is 5.49. The molecule has 0 N–H and O–H groups in total. The van der Waals surface area contributed by atoms with Crippen molar-refractivity contribution in [1.82, 2.24) is 10.2 Å². The summed E-state index contributed by atoms with van der Waals surface area (Å²) in [7, 11) is 0. The lowest BCUT2D eigenvalue weighted by molar-refractivity contribution is 0.264. The first kappa shape index (κ1) is 15.6. The molecule has 1 heterocycles. The van der Waals surface area contributed by atoms with Crippen LogP contribution in [0.4, 0.5) is 0 Å². The first-order valence-corrected chi connectivity index (χ1v) is 7.81. The summed E-state index contributed by atoms with van der Waals surface area (Å²) >= 11 is 6.12. The average molecular weight is 329 g/mol. The Labute approximate surface area is 140 Å². The van der Waals surface area contributed by atoms with Crippen molar-refractivity contribution < 1.29 is 9.15 Å². The molecule has 0 aliphatic carbocycles. The lowest BCUT2D eigenvalue weighted by Gasteiger charge is -2.07. The molecule has 4 nitrogen and oxygen atoms in total. The Balaban J connectivity index is 1.67. The van der Waals surface area contributed by atoms with Crippen LogP contribution in [0, 0.1) is 0 Å². The van der Waals surface area contributed by atoms with Crippen LogP contribution in [0.1, 0.15) is 31.2 Å². The molecule has 0 fully saturated rings. The highest BCUT2D eigenvalue weighted by Gasteiger charge is 2.11. The minimum Gasteiger partial charge on any atom is -0.484 e. The highest BCUT2D eigenvalue weighted by Crippen LogP contribution is 2.26. The number of ether oxygens (including phenoxy) is 1. The predicted molar refractivity (Wildman–Crippen MR) is 89.6 cm³/mol. The summed E-state index contributed by atoms with van der Waals surface area (Å²) in [6, 6.07) is 15.4. The van der Waals surface area contributed by atoms with Crippen molar-refractivity contribution in [2.24, 2.45) is 0 Å². The van der Waals surface area contributed by atoms with E-state index in [0.29, 0.717) is 28.3 Å². The van der Waals surface area contributed by atoms with Gasteiger partial charge in [-0.05, 0) is 35.7 Å². The van der Waals surface area contributed by atoms with Crippen molar-refractivity contribution in [3.05, 3.63) is 65.0 Å². The fourth-order valence-electron chi connectivity index (χ4n) is 2.15. The molecule has 0 saturated carbocycles. The third kappa shape index (κ3) is 3.71. The fourth-order valence-corrected chi connectivity index (χ4v) is 2.37. The predicted octanol–water partition coefficient (Wildman–Crippen LogP) is 5.09. The third-order valence-corrected chi connectivity index (χ3v) is 3.81. The maximum atomic E-state index is 6.12. The van der Waals surface area contributed by atoms with Crippen LogP contribution in [-0.2, 0) is 6.61 Å². The van der Waals surface area contributed by atoms with Crippen molar-refractivity contribution in [2.75, 3.05) is 0 Å². The zero-order valence-electron chi connectivity index (χ0n) is 13.0. The number of benzene rings is 2. The maximum absolute atomic E-state index is 6.12. The quantitative estimate of drug-likeness (QED) is 0.654. The summed E-state index contributed by atoms with van der Waals surface area (Å²) in [4.78, 5) is 0. The Bertz CT molecular complexity index is 782. The summed E-state index contributed by atoms with van der Waals surface area (Å²) in [6.07, 6.45) is 0. The van der Waals surface area contributed by atoms with Gasteiger partial charge in [0.1, 0.15) is 5.75 Å². The molecule has 3 aromatic rings. The molecule has 23 heavy (non-hydrogen) atoms. The smallest absolute Gasteiger partial charge is 0.254 e. The summed E-state index contributed by atoms with van der Waals surface area (Å²) in [5, 5.41) is 8.59. The van der Waals surface area contributed by atoms with E-state index in [2.05, 4.69) is 36.2 Å². The Morgan fingerprint density at radius 1 is 1.04 bits per heavy atom. The second kappa shape index (κ2) is 6.84. The molecule has 0 aliphatic rings. The number of aromatic nitrogens is 2. The molecule has 0 unspecified atom stereocenters. The zero-order chi connectivity index (χ0) is 16.2. The van der Waals surface area contributed by atoms with Gasteiger partial charge in [0.2, 0.25) is 5.89 Å². The second-order valence-corrected chi connectivity index (χ2v) is 5.90. The van der Waals surface area contributed by atoms with Gasteiger partial charge in [0.05, 0.1) is 10.6 Å². The summed E-state index contributed by atoms with van der Waals surface area (Å²) in [5.74, 6) is 2.07. The molecule has 2 aromatic carbocycles. The summed E-state index contributed by atoms with van der Waals surface area (Å²) < 4.78 is 11.3. The number of nitrogens with zero attached hydrogens (tertiary/aromatic N) is 2. The Morgan fingerprint density at radius 3 is 2.48 bits per heavy atom. The molecule has 0 bridgehead atoms. The van der Waals surface area contributed by atoms with E-state index in [1.54, 1.807) is 6.07 Å². The van der Waals surface area contributed by atoms with E-state index < -0.39 is 0 Å². The summed E-state index contributed by atoms with van der Waals surface area (Å²) in [5.41, 5.74) is 1.99. The first-order valence-electron chi connectivity index (χ1n) is 7.43. The van der Waals surface area contributed by atoms with E-state index in [1.807, 2.05) is 30.3 Å². The van der Waals surface area contributed by atoms with Crippen molar-refractivity contribution in [2.45, 2.75) is 26.4 Å². The van der Waals surface area contributed by atoms with Crippen LogP contribution in [0.15, 0.2) is 52.9 Å². The van der Waals surface area contributed by atoms with Gasteiger partial charge in [-0.25, -0.2) is 0 Å². The van der Waals surface area contributed by atoms with E-state index in [4.69, 9.17) is 20.8 Å². The van der Waals surface area contributed by atoms with Gasteiger partial charge < -0.3 is 9.15 Å². The lowest BCUT2D eigenvalue weighted by atomic mass is 10.0. The van der Waals surface area contributed by atoms with Gasteiger partial charge in [-0.15, -0.1) is 10.2 Å². The Morgan fingerprint density at radius 2 is 1.78 bits per heavy atom. The molecule has 3 rings (SSSR count). The largest absolute Gasteiger partial charge is 0.484 e. The van der Waals surface area contributed by atoms with Gasteiger partial charge in [-0.2, -0.15) is 0 Å². The van der Waals surface area contributed by atoms with Crippen molar-refractivity contribution >= 4 is 11.6 Å². The molecule has 5 heteroatoms. The summed E-state index contributed by atoms with van der Waals surface area (Å²) in [6.45, 7) is 4.54. The van der Waals surface area contributed by atoms with Gasteiger partial charge in [-0.3, -0.25) is 0 Å². The number of hydrogen-bond acceptors (Lipinski definition) is 4. The molecular formula is C18H17ClN2O2. The van der Waals surface area contributed by atoms with Gasteiger partial charge in [0.15, 0.2) is 6.61 Å². The van der Waals surface area contributed by atoms with E-state index in [1.165, 1.54) is 5.56 Å². The van der Waals surface area contributed by atoms with Crippen LogP contribution < -0.4 is 4.74 Å². The van der Waals surface area contributed by atoms with Crippen LogP contribution in [0.2, 0.25) is 5.02 Å². The highest BCUT2D eigenvalue weighted by molar-refractivity contribution is 6.33. The normalized spacial score (nSPS) is 11.0. The van der Waals surface area contributed by atoms with Gasteiger partial charge in [-0.1, -0.05) is 49.7 Å². The van der Waals surface area contributed by atoms with E-state index >= 15 is 0 Å². The fraction of sp³-hybridized carbons (Fsp3) is 0.222. The third-order valence-electron chi connectivity index (χ3n) is 3.48. The van der Waals surface area contributed by atoms with Crippen LogP contribution in [0.3, 0.4) is 0 Å². The van der Waals surface area contributed by atoms with Crippen LogP contribution >= 0.6 is 11.6 Å². The number of hydrogen-bond donors (Lipinski definition) is 0. The monoisotopic (exact) mass is 328 g/mol. The maximum Gasteiger partial charge on any atom is 0.254 e. The van der Waals surface area contributed by atoms with Gasteiger partial charge >= 0.3 is 0 Å². The Hall–Kier alpha value is -2.33. The van der Waals surface area contributed by atoms with Gasteiger partial charge in [0.25, 0.3) is 5.89 Å². The minimum atomic E-state index is 0.221. The van der Waals surface area contributed by atoms with Crippen molar-refractivity contribution in [1.29, 1.82) is 0 Å². The SMILES string of the molecule is CC(C)c1ccc(OCc2nnc(-c3ccccc3Cl)o2)cc1. The minimum absolute atomic E-state index is 0.221. The van der Waals surface area contributed by atoms with Crippen molar-refractivity contribution in [3.8, 4) is 17.2 Å². The molecule has 1 aromatic heterocycles. The topological polar surface area (TPSA) is 48.2 Å². The zero-order valence-corrected chi connectivity index (χ0v) is 13.7. The molecule has 0 aliphatic heterocycles. The standard InChI is InChI=1S/C18H17ClN2O2/c1-12(2)13-7-9-14(10-8-13)22-11-17-20-21-18(23-17)15-5-3-4-6-16(15)19/h3-10,12H,11H2,1-2H3. The molecule has 0 atom stereocenters. The molecule has 0 saturated heterocycles. The lowest BCUT2D eigenvalue weighted by Crippen LogP contribution is -1.96. The molecule has 0 radical (unpaired) electrons. The number of rotatable bonds is 5. The van der Waals surface area contributed by atoms with E-state index in [0.717, 1.165) is 5.75 Å². The van der Waals surface area contributed by atoms with Crippen LogP contribution in [0.5, 0.6) is 5.75 Å². The molecule has 0 spiro atoms. The van der Waals surface area contributed by atoms with Crippen LogP contribution in [0.25, 0.3) is 11.5 Å². The number of halogens is 1. The molecule has 118 valence electrons. The Kier molecular flexibility index (Phi) is 4.63. The van der Waals surface area contributed by atoms with E-state index in [-0.39, 0.29) is 6.61 Å². The van der Waals surface area contributed by atoms with Crippen LogP contribution in [-0.4, -0.2) is 10.2 Å². The molecular weight excluding hydrogens is 312 g/mol.